The summed E-state index contributed by atoms with van der Waals surface area (Å²) in [5.74, 6) is 0. The largest absolute Gasteiger partial charge is 0.416 e. The number of anilines is 1. The van der Waals surface area contributed by atoms with Gasteiger partial charge in [-0.15, -0.1) is 11.3 Å². The number of nitrogens with one attached hydrogen (secondary N) is 1. The van der Waals surface area contributed by atoms with E-state index in [4.69, 9.17) is 0 Å². The molecule has 5 heteroatoms. The lowest BCUT2D eigenvalue weighted by molar-refractivity contribution is -0.137. The van der Waals surface area contributed by atoms with Crippen molar-refractivity contribution in [3.05, 3.63) is 51.7 Å². The van der Waals surface area contributed by atoms with Gasteiger partial charge in [0.2, 0.25) is 0 Å². The maximum atomic E-state index is 12.6. The molecule has 1 heterocycles. The molecule has 1 N–H and O–H groups in total. The Labute approximate surface area is 114 Å². The lowest BCUT2D eigenvalue weighted by atomic mass is 10.1. The van der Waals surface area contributed by atoms with Gasteiger partial charge in [-0.3, -0.25) is 0 Å². The quantitative estimate of drug-likeness (QED) is 0.812. The standard InChI is InChI=1S/C14H14F3NS/c1-9-6-7-19-13(9)10(2)18-12-5-3-4-11(8-12)14(15,16)17/h3-8,10,18H,1-2H3. The summed E-state index contributed by atoms with van der Waals surface area (Å²) in [7, 11) is 0. The third-order valence-corrected chi connectivity index (χ3v) is 4.07. The van der Waals surface area contributed by atoms with Crippen LogP contribution in [0.3, 0.4) is 0 Å². The van der Waals surface area contributed by atoms with Crippen molar-refractivity contribution in [1.82, 2.24) is 0 Å². The summed E-state index contributed by atoms with van der Waals surface area (Å²) in [5.41, 5.74) is 1.000. The Kier molecular flexibility index (Phi) is 3.85. The minimum absolute atomic E-state index is 0.0107. The van der Waals surface area contributed by atoms with Crippen molar-refractivity contribution in [2.45, 2.75) is 26.1 Å². The van der Waals surface area contributed by atoms with Gasteiger partial charge < -0.3 is 5.32 Å². The maximum Gasteiger partial charge on any atom is 0.416 e. The van der Waals surface area contributed by atoms with Gasteiger partial charge in [0.15, 0.2) is 0 Å². The fourth-order valence-electron chi connectivity index (χ4n) is 1.93. The van der Waals surface area contributed by atoms with Crippen LogP contribution < -0.4 is 5.32 Å². The zero-order valence-electron chi connectivity index (χ0n) is 10.6. The molecule has 19 heavy (non-hydrogen) atoms. The van der Waals surface area contributed by atoms with Crippen LogP contribution in [0.15, 0.2) is 35.7 Å². The number of aryl methyl sites for hydroxylation is 1. The molecule has 1 aromatic heterocycles. The number of thiophene rings is 1. The van der Waals surface area contributed by atoms with Crippen LogP contribution in [0, 0.1) is 6.92 Å². The van der Waals surface area contributed by atoms with Gasteiger partial charge >= 0.3 is 6.18 Å². The molecule has 0 spiro atoms. The van der Waals surface area contributed by atoms with E-state index in [9.17, 15) is 13.2 Å². The summed E-state index contributed by atoms with van der Waals surface area (Å²) in [4.78, 5) is 1.14. The number of alkyl halides is 3. The molecule has 0 radical (unpaired) electrons. The molecule has 1 nitrogen and oxygen atoms in total. The lowest BCUT2D eigenvalue weighted by Gasteiger charge is -2.16. The van der Waals surface area contributed by atoms with Gasteiger partial charge in [0.05, 0.1) is 11.6 Å². The van der Waals surface area contributed by atoms with Crippen molar-refractivity contribution in [3.63, 3.8) is 0 Å². The highest BCUT2D eigenvalue weighted by atomic mass is 32.1. The average Bonchev–Trinajstić information content (AvgIpc) is 2.75. The summed E-state index contributed by atoms with van der Waals surface area (Å²) >= 11 is 1.60. The first kappa shape index (κ1) is 13.9. The van der Waals surface area contributed by atoms with E-state index in [1.165, 1.54) is 6.07 Å². The predicted octanol–water partition coefficient (Wildman–Crippen LogP) is 5.25. The summed E-state index contributed by atoms with van der Waals surface area (Å²) < 4.78 is 37.9. The van der Waals surface area contributed by atoms with Crippen molar-refractivity contribution in [1.29, 1.82) is 0 Å². The molecule has 1 aromatic carbocycles. The Morgan fingerprint density at radius 3 is 2.53 bits per heavy atom. The van der Waals surface area contributed by atoms with E-state index in [1.54, 1.807) is 17.4 Å². The second-order valence-corrected chi connectivity index (χ2v) is 5.36. The maximum absolute atomic E-state index is 12.6. The lowest BCUT2D eigenvalue weighted by Crippen LogP contribution is -2.09. The van der Waals surface area contributed by atoms with Crippen molar-refractivity contribution < 1.29 is 13.2 Å². The van der Waals surface area contributed by atoms with Crippen LogP contribution in [0.2, 0.25) is 0 Å². The fourth-order valence-corrected chi connectivity index (χ4v) is 2.86. The van der Waals surface area contributed by atoms with E-state index in [0.29, 0.717) is 5.69 Å². The molecule has 1 unspecified atom stereocenters. The Hall–Kier alpha value is -1.49. The van der Waals surface area contributed by atoms with Gasteiger partial charge in [-0.2, -0.15) is 13.2 Å². The van der Waals surface area contributed by atoms with E-state index < -0.39 is 11.7 Å². The van der Waals surface area contributed by atoms with Gasteiger partial charge in [0.25, 0.3) is 0 Å². The van der Waals surface area contributed by atoms with Crippen molar-refractivity contribution in [2.24, 2.45) is 0 Å². The molecule has 0 aliphatic heterocycles. The molecule has 102 valence electrons. The molecular formula is C14H14F3NS. The number of hydrogen-bond acceptors (Lipinski definition) is 2. The van der Waals surface area contributed by atoms with Gasteiger partial charge in [0, 0.05) is 10.6 Å². The zero-order chi connectivity index (χ0) is 14.0. The van der Waals surface area contributed by atoms with Gasteiger partial charge in [-0.05, 0) is 49.1 Å². The first-order valence-electron chi connectivity index (χ1n) is 5.85. The third-order valence-electron chi connectivity index (χ3n) is 2.87. The SMILES string of the molecule is Cc1ccsc1C(C)Nc1cccc(C(F)(F)F)c1. The average molecular weight is 285 g/mol. The predicted molar refractivity (Wildman–Crippen MR) is 72.5 cm³/mol. The van der Waals surface area contributed by atoms with Crippen LogP contribution in [0.5, 0.6) is 0 Å². The zero-order valence-corrected chi connectivity index (χ0v) is 11.4. The normalized spacial score (nSPS) is 13.3. The minimum atomic E-state index is -4.31. The molecule has 2 aromatic rings. The molecule has 0 aliphatic carbocycles. The molecular weight excluding hydrogens is 271 g/mol. The van der Waals surface area contributed by atoms with Crippen LogP contribution in [0.1, 0.15) is 29.0 Å². The van der Waals surface area contributed by atoms with Crippen LogP contribution >= 0.6 is 11.3 Å². The van der Waals surface area contributed by atoms with E-state index in [0.717, 1.165) is 22.6 Å². The van der Waals surface area contributed by atoms with Crippen LogP contribution in [0.4, 0.5) is 18.9 Å². The van der Waals surface area contributed by atoms with E-state index in [1.807, 2.05) is 25.3 Å². The number of hydrogen-bond donors (Lipinski definition) is 1. The number of benzene rings is 1. The van der Waals surface area contributed by atoms with Crippen molar-refractivity contribution >= 4 is 17.0 Å². The van der Waals surface area contributed by atoms with Crippen molar-refractivity contribution in [2.75, 3.05) is 5.32 Å². The summed E-state index contributed by atoms with van der Waals surface area (Å²) in [6.07, 6.45) is -4.31. The molecule has 0 amide bonds. The van der Waals surface area contributed by atoms with E-state index >= 15 is 0 Å². The second kappa shape index (κ2) is 5.25. The molecule has 0 aliphatic rings. The van der Waals surface area contributed by atoms with Gasteiger partial charge in [-0.1, -0.05) is 6.07 Å². The number of halogens is 3. The van der Waals surface area contributed by atoms with Gasteiger partial charge in [-0.25, -0.2) is 0 Å². The molecule has 1 atom stereocenters. The molecule has 0 saturated heterocycles. The first-order chi connectivity index (χ1) is 8.88. The molecule has 0 bridgehead atoms. The molecule has 0 fully saturated rings. The smallest absolute Gasteiger partial charge is 0.378 e. The fraction of sp³-hybridized carbons (Fsp3) is 0.286. The topological polar surface area (TPSA) is 12.0 Å². The minimum Gasteiger partial charge on any atom is -0.378 e. The summed E-state index contributed by atoms with van der Waals surface area (Å²) in [5, 5.41) is 5.09. The van der Waals surface area contributed by atoms with Crippen molar-refractivity contribution in [3.8, 4) is 0 Å². The second-order valence-electron chi connectivity index (χ2n) is 4.41. The Morgan fingerprint density at radius 2 is 1.95 bits per heavy atom. The highest BCUT2D eigenvalue weighted by Crippen LogP contribution is 2.32. The van der Waals surface area contributed by atoms with Crippen LogP contribution in [0.25, 0.3) is 0 Å². The van der Waals surface area contributed by atoms with E-state index in [-0.39, 0.29) is 6.04 Å². The van der Waals surface area contributed by atoms with Crippen LogP contribution in [-0.2, 0) is 6.18 Å². The van der Waals surface area contributed by atoms with Gasteiger partial charge in [0.1, 0.15) is 0 Å². The third kappa shape index (κ3) is 3.29. The highest BCUT2D eigenvalue weighted by molar-refractivity contribution is 7.10. The first-order valence-corrected chi connectivity index (χ1v) is 6.73. The molecule has 0 saturated carbocycles. The monoisotopic (exact) mass is 285 g/mol. The van der Waals surface area contributed by atoms with E-state index in [2.05, 4.69) is 5.32 Å². The Balaban J connectivity index is 2.18. The Bertz CT molecular complexity index is 560. The van der Waals surface area contributed by atoms with Crippen LogP contribution in [-0.4, -0.2) is 0 Å². The summed E-state index contributed by atoms with van der Waals surface area (Å²) in [6, 6.07) is 7.27. The Morgan fingerprint density at radius 1 is 1.21 bits per heavy atom. The number of rotatable bonds is 3. The molecule has 2 rings (SSSR count). The summed E-state index contributed by atoms with van der Waals surface area (Å²) in [6.45, 7) is 3.94. The highest BCUT2D eigenvalue weighted by Gasteiger charge is 2.30.